The molecule has 6 nitrogen and oxygen atoms in total. The molecule has 0 bridgehead atoms. The first-order valence-electron chi connectivity index (χ1n) is 7.03. The van der Waals surface area contributed by atoms with Gasteiger partial charge >= 0.3 is 5.97 Å². The van der Waals surface area contributed by atoms with E-state index in [9.17, 15) is 4.79 Å². The number of carbonyl (C=O) groups excluding carboxylic acids is 1. The van der Waals surface area contributed by atoms with Crippen LogP contribution < -0.4 is 9.47 Å². The van der Waals surface area contributed by atoms with Crippen LogP contribution in [0.3, 0.4) is 0 Å². The Morgan fingerprint density at radius 1 is 1.13 bits per heavy atom. The molecule has 2 heterocycles. The van der Waals surface area contributed by atoms with Gasteiger partial charge in [-0.15, -0.1) is 0 Å². The molecule has 0 atom stereocenters. The van der Waals surface area contributed by atoms with Crippen molar-refractivity contribution in [1.82, 2.24) is 9.38 Å². The molecule has 6 heteroatoms. The molecule has 0 spiro atoms. The van der Waals surface area contributed by atoms with E-state index in [0.717, 1.165) is 17.2 Å². The minimum Gasteiger partial charge on any atom is -0.497 e. The smallest absolute Gasteiger partial charge is 0.341 e. The summed E-state index contributed by atoms with van der Waals surface area (Å²) in [6.07, 6.45) is 3.52. The van der Waals surface area contributed by atoms with Crippen LogP contribution in [0.15, 0.2) is 48.8 Å². The Morgan fingerprint density at radius 2 is 1.87 bits per heavy atom. The standard InChI is InChI=1S/C17H16N2O4/c1-21-13-5-7-14(8-6-13)23-11-12-10-18-16-15(17(20)22-2)4-3-9-19(12)16/h3-10H,11H2,1-2H3. The van der Waals surface area contributed by atoms with Gasteiger partial charge in [0.25, 0.3) is 0 Å². The van der Waals surface area contributed by atoms with E-state index in [2.05, 4.69) is 4.98 Å². The van der Waals surface area contributed by atoms with Crippen LogP contribution in [0.2, 0.25) is 0 Å². The maximum absolute atomic E-state index is 11.8. The molecule has 0 aliphatic heterocycles. The van der Waals surface area contributed by atoms with Crippen LogP contribution in [-0.2, 0) is 11.3 Å². The fourth-order valence-corrected chi connectivity index (χ4v) is 2.27. The Bertz CT molecular complexity index is 824. The number of methoxy groups -OCH3 is 2. The Kier molecular flexibility index (Phi) is 4.14. The third-order valence-electron chi connectivity index (χ3n) is 3.46. The van der Waals surface area contributed by atoms with Gasteiger partial charge in [-0.25, -0.2) is 9.78 Å². The highest BCUT2D eigenvalue weighted by Crippen LogP contribution is 2.19. The first-order chi connectivity index (χ1) is 11.2. The van der Waals surface area contributed by atoms with Crippen LogP contribution in [0.5, 0.6) is 11.5 Å². The molecule has 0 amide bonds. The first-order valence-corrected chi connectivity index (χ1v) is 7.03. The zero-order valence-electron chi connectivity index (χ0n) is 12.9. The monoisotopic (exact) mass is 312 g/mol. The van der Waals surface area contributed by atoms with Crippen LogP contribution >= 0.6 is 0 Å². The van der Waals surface area contributed by atoms with Crippen LogP contribution in [0.4, 0.5) is 0 Å². The lowest BCUT2D eigenvalue weighted by atomic mass is 10.3. The molecule has 118 valence electrons. The van der Waals surface area contributed by atoms with Gasteiger partial charge in [-0.1, -0.05) is 0 Å². The van der Waals surface area contributed by atoms with E-state index in [-0.39, 0.29) is 0 Å². The van der Waals surface area contributed by atoms with Gasteiger partial charge in [0, 0.05) is 6.20 Å². The van der Waals surface area contributed by atoms with Crippen molar-refractivity contribution in [3.05, 3.63) is 60.0 Å². The number of imidazole rings is 1. The lowest BCUT2D eigenvalue weighted by Gasteiger charge is -2.07. The fraction of sp³-hybridized carbons (Fsp3) is 0.176. The van der Waals surface area contributed by atoms with Gasteiger partial charge in [0.1, 0.15) is 23.7 Å². The highest BCUT2D eigenvalue weighted by atomic mass is 16.5. The SMILES string of the molecule is COC(=O)c1cccn2c(COc3ccc(OC)cc3)cnc12. The number of rotatable bonds is 5. The number of pyridine rings is 1. The number of carbonyl (C=O) groups is 1. The second-order valence-electron chi connectivity index (χ2n) is 4.82. The van der Waals surface area contributed by atoms with Gasteiger partial charge in [0.2, 0.25) is 0 Å². The lowest BCUT2D eigenvalue weighted by molar-refractivity contribution is 0.0602. The highest BCUT2D eigenvalue weighted by molar-refractivity contribution is 5.95. The normalized spacial score (nSPS) is 10.5. The van der Waals surface area contributed by atoms with Crippen molar-refractivity contribution in [3.63, 3.8) is 0 Å². The van der Waals surface area contributed by atoms with Crippen LogP contribution in [0.1, 0.15) is 16.1 Å². The van der Waals surface area contributed by atoms with Crippen LogP contribution in [0, 0.1) is 0 Å². The summed E-state index contributed by atoms with van der Waals surface area (Å²) in [4.78, 5) is 16.0. The molecule has 0 aliphatic rings. The van der Waals surface area contributed by atoms with E-state index in [0.29, 0.717) is 17.8 Å². The number of hydrogen-bond donors (Lipinski definition) is 0. The molecular formula is C17H16N2O4. The zero-order chi connectivity index (χ0) is 16.2. The van der Waals surface area contributed by atoms with Gasteiger partial charge in [-0.2, -0.15) is 0 Å². The minimum absolute atomic E-state index is 0.331. The van der Waals surface area contributed by atoms with Gasteiger partial charge < -0.3 is 14.2 Å². The molecule has 0 aliphatic carbocycles. The molecule has 0 unspecified atom stereocenters. The molecule has 3 rings (SSSR count). The van der Waals surface area contributed by atoms with Crippen molar-refractivity contribution < 1.29 is 19.0 Å². The number of fused-ring (bicyclic) bond motifs is 1. The van der Waals surface area contributed by atoms with E-state index in [4.69, 9.17) is 14.2 Å². The molecule has 2 aromatic heterocycles. The topological polar surface area (TPSA) is 62.1 Å². The Labute approximate surface area is 133 Å². The predicted molar refractivity (Wildman–Crippen MR) is 83.9 cm³/mol. The molecule has 0 saturated carbocycles. The first kappa shape index (κ1) is 14.9. The molecule has 0 saturated heterocycles. The van der Waals surface area contributed by atoms with E-state index in [1.807, 2.05) is 34.9 Å². The molecule has 0 N–H and O–H groups in total. The van der Waals surface area contributed by atoms with Crippen molar-refractivity contribution in [1.29, 1.82) is 0 Å². The largest absolute Gasteiger partial charge is 0.497 e. The number of benzene rings is 1. The summed E-state index contributed by atoms with van der Waals surface area (Å²) in [6, 6.07) is 10.8. The van der Waals surface area contributed by atoms with Crippen molar-refractivity contribution in [3.8, 4) is 11.5 Å². The fourth-order valence-electron chi connectivity index (χ4n) is 2.27. The zero-order valence-corrected chi connectivity index (χ0v) is 12.9. The number of hydrogen-bond acceptors (Lipinski definition) is 5. The van der Waals surface area contributed by atoms with Crippen molar-refractivity contribution in [2.75, 3.05) is 14.2 Å². The molecular weight excluding hydrogens is 296 g/mol. The second-order valence-corrected chi connectivity index (χ2v) is 4.82. The number of aromatic nitrogens is 2. The summed E-state index contributed by atoms with van der Waals surface area (Å²) in [5.74, 6) is 1.09. The Hall–Kier alpha value is -3.02. The second kappa shape index (κ2) is 6.39. The summed E-state index contributed by atoms with van der Waals surface area (Å²) in [6.45, 7) is 0.331. The summed E-state index contributed by atoms with van der Waals surface area (Å²) < 4.78 is 17.4. The Morgan fingerprint density at radius 3 is 2.57 bits per heavy atom. The minimum atomic E-state index is -0.413. The van der Waals surface area contributed by atoms with E-state index in [1.54, 1.807) is 25.4 Å². The van der Waals surface area contributed by atoms with Crippen LogP contribution in [0.25, 0.3) is 5.65 Å². The van der Waals surface area contributed by atoms with Gasteiger partial charge in [0.05, 0.1) is 26.1 Å². The van der Waals surface area contributed by atoms with E-state index < -0.39 is 5.97 Å². The molecule has 3 aromatic rings. The quantitative estimate of drug-likeness (QED) is 0.678. The van der Waals surface area contributed by atoms with E-state index >= 15 is 0 Å². The molecule has 23 heavy (non-hydrogen) atoms. The summed E-state index contributed by atoms with van der Waals surface area (Å²) in [7, 11) is 2.97. The number of ether oxygens (including phenoxy) is 3. The third kappa shape index (κ3) is 2.96. The van der Waals surface area contributed by atoms with Gasteiger partial charge in [0.15, 0.2) is 5.65 Å². The van der Waals surface area contributed by atoms with Gasteiger partial charge in [-0.3, -0.25) is 4.40 Å². The summed E-state index contributed by atoms with van der Waals surface area (Å²) in [5.41, 5.74) is 1.81. The maximum Gasteiger partial charge on any atom is 0.341 e. The molecule has 0 radical (unpaired) electrons. The van der Waals surface area contributed by atoms with Crippen molar-refractivity contribution >= 4 is 11.6 Å². The number of nitrogens with zero attached hydrogens (tertiary/aromatic N) is 2. The van der Waals surface area contributed by atoms with E-state index in [1.165, 1.54) is 7.11 Å². The van der Waals surface area contributed by atoms with Gasteiger partial charge in [-0.05, 0) is 36.4 Å². The summed E-state index contributed by atoms with van der Waals surface area (Å²) in [5, 5.41) is 0. The molecule has 1 aromatic carbocycles. The average Bonchev–Trinajstić information content (AvgIpc) is 3.03. The lowest BCUT2D eigenvalue weighted by Crippen LogP contribution is -2.05. The Balaban J connectivity index is 1.82. The average molecular weight is 312 g/mol. The summed E-state index contributed by atoms with van der Waals surface area (Å²) >= 11 is 0. The van der Waals surface area contributed by atoms with Crippen molar-refractivity contribution in [2.24, 2.45) is 0 Å². The molecule has 0 fully saturated rings. The maximum atomic E-state index is 11.8. The number of esters is 1. The van der Waals surface area contributed by atoms with Crippen molar-refractivity contribution in [2.45, 2.75) is 6.61 Å². The highest BCUT2D eigenvalue weighted by Gasteiger charge is 2.14. The van der Waals surface area contributed by atoms with Crippen LogP contribution in [-0.4, -0.2) is 29.6 Å². The third-order valence-corrected chi connectivity index (χ3v) is 3.46. The predicted octanol–water partition coefficient (Wildman–Crippen LogP) is 2.71.